The fourth-order valence-corrected chi connectivity index (χ4v) is 2.42. The third kappa shape index (κ3) is 1.87. The predicted octanol–water partition coefficient (Wildman–Crippen LogP) is 3.45. The van der Waals surface area contributed by atoms with E-state index in [0.717, 1.165) is 23.3 Å². The largest absolute Gasteiger partial charge is 0.383 e. The van der Waals surface area contributed by atoms with E-state index in [0.29, 0.717) is 5.82 Å². The minimum Gasteiger partial charge on any atom is -0.383 e. The van der Waals surface area contributed by atoms with Crippen molar-refractivity contribution in [2.24, 2.45) is 0 Å². The second-order valence-electron chi connectivity index (χ2n) is 4.79. The molecule has 0 aliphatic heterocycles. The van der Waals surface area contributed by atoms with Gasteiger partial charge in [0.25, 0.3) is 0 Å². The summed E-state index contributed by atoms with van der Waals surface area (Å²) in [5.74, 6) is 0.705. The Hall–Kier alpha value is -2.29. The fraction of sp³-hybridized carbons (Fsp3) is 0.188. The van der Waals surface area contributed by atoms with Crippen LogP contribution in [-0.4, -0.2) is 9.38 Å². The van der Waals surface area contributed by atoms with Gasteiger partial charge in [0.1, 0.15) is 17.2 Å². The molecular formula is C16H17N3. The van der Waals surface area contributed by atoms with Gasteiger partial charge < -0.3 is 5.73 Å². The second-order valence-corrected chi connectivity index (χ2v) is 4.79. The van der Waals surface area contributed by atoms with Crippen LogP contribution in [0.25, 0.3) is 16.9 Å². The summed E-state index contributed by atoms with van der Waals surface area (Å²) < 4.78 is 1.94. The number of imidazole rings is 1. The molecular weight excluding hydrogens is 234 g/mol. The Morgan fingerprint density at radius 2 is 2.00 bits per heavy atom. The van der Waals surface area contributed by atoms with Gasteiger partial charge in [-0.25, -0.2) is 4.98 Å². The van der Waals surface area contributed by atoms with Gasteiger partial charge in [0, 0.05) is 11.8 Å². The first-order valence-electron chi connectivity index (χ1n) is 6.53. The molecule has 0 bridgehead atoms. The molecule has 2 heterocycles. The molecule has 1 aromatic carbocycles. The zero-order chi connectivity index (χ0) is 13.4. The van der Waals surface area contributed by atoms with Gasteiger partial charge in [-0.3, -0.25) is 4.40 Å². The summed E-state index contributed by atoms with van der Waals surface area (Å²) in [5, 5.41) is 0. The summed E-state index contributed by atoms with van der Waals surface area (Å²) >= 11 is 0. The number of rotatable bonds is 2. The van der Waals surface area contributed by atoms with Crippen LogP contribution in [0.4, 0.5) is 5.82 Å². The van der Waals surface area contributed by atoms with Gasteiger partial charge in [0.15, 0.2) is 0 Å². The van der Waals surface area contributed by atoms with Crippen LogP contribution in [-0.2, 0) is 6.42 Å². The molecule has 0 saturated carbocycles. The quantitative estimate of drug-likeness (QED) is 0.758. The van der Waals surface area contributed by atoms with Crippen LogP contribution in [0.5, 0.6) is 0 Å². The summed E-state index contributed by atoms with van der Waals surface area (Å²) in [7, 11) is 0. The average molecular weight is 251 g/mol. The molecule has 0 aliphatic carbocycles. The Labute approximate surface area is 112 Å². The van der Waals surface area contributed by atoms with E-state index in [1.54, 1.807) is 0 Å². The molecule has 0 fully saturated rings. The third-order valence-electron chi connectivity index (χ3n) is 3.47. The van der Waals surface area contributed by atoms with Crippen LogP contribution in [0.3, 0.4) is 0 Å². The number of aryl methyl sites for hydroxylation is 2. The smallest absolute Gasteiger partial charge is 0.139 e. The van der Waals surface area contributed by atoms with Crippen molar-refractivity contribution in [1.82, 2.24) is 9.38 Å². The highest BCUT2D eigenvalue weighted by Gasteiger charge is 2.13. The van der Waals surface area contributed by atoms with Crippen molar-refractivity contribution < 1.29 is 0 Å². The lowest BCUT2D eigenvalue weighted by molar-refractivity contribution is 1.14. The normalized spacial score (nSPS) is 11.1. The molecule has 3 nitrogen and oxygen atoms in total. The van der Waals surface area contributed by atoms with Crippen molar-refractivity contribution in [3.63, 3.8) is 0 Å². The van der Waals surface area contributed by atoms with E-state index in [9.17, 15) is 0 Å². The maximum absolute atomic E-state index is 6.25. The van der Waals surface area contributed by atoms with Gasteiger partial charge in [0.05, 0.1) is 0 Å². The highest BCUT2D eigenvalue weighted by atomic mass is 15.1. The molecule has 0 amide bonds. The highest BCUT2D eigenvalue weighted by Crippen LogP contribution is 2.29. The summed E-state index contributed by atoms with van der Waals surface area (Å²) in [6.45, 7) is 4.21. The molecule has 0 aliphatic rings. The zero-order valence-corrected chi connectivity index (χ0v) is 11.2. The van der Waals surface area contributed by atoms with E-state index in [2.05, 4.69) is 43.1 Å². The van der Waals surface area contributed by atoms with Gasteiger partial charge in [0.2, 0.25) is 0 Å². The standard InChI is InChI=1S/C16H17N3/c1-3-12-6-4-5-7-13(12)15-16(17)19-9-8-11(2)10-14(19)18-15/h4-10H,3,17H2,1-2H3. The number of hydrogen-bond donors (Lipinski definition) is 1. The van der Waals surface area contributed by atoms with Gasteiger partial charge in [-0.15, -0.1) is 0 Å². The zero-order valence-electron chi connectivity index (χ0n) is 11.2. The molecule has 2 N–H and O–H groups in total. The first-order chi connectivity index (χ1) is 9.20. The third-order valence-corrected chi connectivity index (χ3v) is 3.47. The van der Waals surface area contributed by atoms with Crippen molar-refractivity contribution >= 4 is 11.5 Å². The van der Waals surface area contributed by atoms with E-state index >= 15 is 0 Å². The van der Waals surface area contributed by atoms with Crippen molar-refractivity contribution in [1.29, 1.82) is 0 Å². The number of nitrogens with two attached hydrogens (primary N) is 1. The van der Waals surface area contributed by atoms with Crippen LogP contribution < -0.4 is 5.73 Å². The first-order valence-corrected chi connectivity index (χ1v) is 6.53. The number of benzene rings is 1. The minimum absolute atomic E-state index is 0.705. The van der Waals surface area contributed by atoms with Crippen molar-refractivity contribution in [3.05, 3.63) is 53.7 Å². The molecule has 0 radical (unpaired) electrons. The monoisotopic (exact) mass is 251 g/mol. The number of pyridine rings is 1. The van der Waals surface area contributed by atoms with E-state index in [-0.39, 0.29) is 0 Å². The summed E-state index contributed by atoms with van der Waals surface area (Å²) in [6.07, 6.45) is 2.95. The number of nitrogen functional groups attached to an aromatic ring is 1. The topological polar surface area (TPSA) is 43.3 Å². The minimum atomic E-state index is 0.705. The van der Waals surface area contributed by atoms with Gasteiger partial charge in [-0.05, 0) is 36.6 Å². The summed E-state index contributed by atoms with van der Waals surface area (Å²) in [5.41, 5.74) is 11.6. The molecule has 19 heavy (non-hydrogen) atoms. The molecule has 0 spiro atoms. The molecule has 0 atom stereocenters. The molecule has 96 valence electrons. The van der Waals surface area contributed by atoms with Gasteiger partial charge in [-0.2, -0.15) is 0 Å². The molecule has 3 heteroatoms. The van der Waals surface area contributed by atoms with Crippen molar-refractivity contribution in [3.8, 4) is 11.3 Å². The Bertz CT molecular complexity index is 741. The van der Waals surface area contributed by atoms with Crippen LogP contribution in [0.2, 0.25) is 0 Å². The van der Waals surface area contributed by atoms with Gasteiger partial charge in [-0.1, -0.05) is 31.2 Å². The Morgan fingerprint density at radius 3 is 2.79 bits per heavy atom. The number of nitrogens with zero attached hydrogens (tertiary/aromatic N) is 2. The van der Waals surface area contributed by atoms with Crippen molar-refractivity contribution in [2.75, 3.05) is 5.73 Å². The lowest BCUT2D eigenvalue weighted by atomic mass is 10.0. The van der Waals surface area contributed by atoms with Crippen molar-refractivity contribution in [2.45, 2.75) is 20.3 Å². The fourth-order valence-electron chi connectivity index (χ4n) is 2.42. The number of aromatic nitrogens is 2. The lowest BCUT2D eigenvalue weighted by Crippen LogP contribution is -1.95. The average Bonchev–Trinajstić information content (AvgIpc) is 2.75. The molecule has 2 aromatic heterocycles. The van der Waals surface area contributed by atoms with E-state index in [1.165, 1.54) is 11.1 Å². The maximum Gasteiger partial charge on any atom is 0.139 e. The second kappa shape index (κ2) is 4.43. The lowest BCUT2D eigenvalue weighted by Gasteiger charge is -2.05. The van der Waals surface area contributed by atoms with Crippen LogP contribution in [0.15, 0.2) is 42.6 Å². The highest BCUT2D eigenvalue weighted by molar-refractivity contribution is 5.77. The summed E-state index contributed by atoms with van der Waals surface area (Å²) in [4.78, 5) is 4.69. The van der Waals surface area contributed by atoms with E-state index < -0.39 is 0 Å². The summed E-state index contributed by atoms with van der Waals surface area (Å²) in [6, 6.07) is 12.4. The molecule has 3 rings (SSSR count). The predicted molar refractivity (Wildman–Crippen MR) is 79.2 cm³/mol. The number of anilines is 1. The Morgan fingerprint density at radius 1 is 1.21 bits per heavy atom. The van der Waals surface area contributed by atoms with Crippen LogP contribution >= 0.6 is 0 Å². The Kier molecular flexibility index (Phi) is 2.75. The molecule has 0 unspecified atom stereocenters. The molecule has 3 aromatic rings. The number of hydrogen-bond acceptors (Lipinski definition) is 2. The van der Waals surface area contributed by atoms with Crippen LogP contribution in [0, 0.1) is 6.92 Å². The number of fused-ring (bicyclic) bond motifs is 1. The maximum atomic E-state index is 6.25. The van der Waals surface area contributed by atoms with Crippen LogP contribution in [0.1, 0.15) is 18.1 Å². The molecule has 0 saturated heterocycles. The SMILES string of the molecule is CCc1ccccc1-c1nc2cc(C)ccn2c1N. The Balaban J connectivity index is 2.28. The first kappa shape index (κ1) is 11.8. The van der Waals surface area contributed by atoms with E-state index in [4.69, 9.17) is 5.73 Å². The van der Waals surface area contributed by atoms with E-state index in [1.807, 2.05) is 22.7 Å². The van der Waals surface area contributed by atoms with Gasteiger partial charge >= 0.3 is 0 Å².